The Labute approximate surface area is 119 Å². The molecule has 1 unspecified atom stereocenters. The van der Waals surface area contributed by atoms with Gasteiger partial charge < -0.3 is 10.6 Å². The molecule has 1 atom stereocenters. The van der Waals surface area contributed by atoms with Crippen LogP contribution in [0, 0.1) is 5.92 Å². The molecule has 0 aromatic carbocycles. The van der Waals surface area contributed by atoms with E-state index in [0.29, 0.717) is 5.92 Å². The summed E-state index contributed by atoms with van der Waals surface area (Å²) in [5, 5.41) is 0. The molecule has 2 N–H and O–H groups in total. The molecule has 19 heavy (non-hydrogen) atoms. The number of nitrogens with two attached hydrogens (primary N) is 1. The van der Waals surface area contributed by atoms with Gasteiger partial charge in [0.15, 0.2) is 0 Å². The van der Waals surface area contributed by atoms with Crippen molar-refractivity contribution >= 4 is 0 Å². The molecule has 0 saturated carbocycles. The van der Waals surface area contributed by atoms with E-state index in [-0.39, 0.29) is 5.54 Å². The summed E-state index contributed by atoms with van der Waals surface area (Å²) in [6.07, 6.45) is 6.93. The predicted molar refractivity (Wildman–Crippen MR) is 82.3 cm³/mol. The summed E-state index contributed by atoms with van der Waals surface area (Å²) in [6.45, 7) is 12.9. The summed E-state index contributed by atoms with van der Waals surface area (Å²) in [6, 6.07) is 0.839. The van der Waals surface area contributed by atoms with Crippen molar-refractivity contribution in [3.63, 3.8) is 0 Å². The molecule has 0 spiro atoms. The van der Waals surface area contributed by atoms with Crippen molar-refractivity contribution in [3.05, 3.63) is 0 Å². The minimum Gasteiger partial charge on any atom is -0.329 e. The maximum atomic E-state index is 6.06. The number of piperidine rings is 2. The van der Waals surface area contributed by atoms with Gasteiger partial charge >= 0.3 is 0 Å². The number of nitrogens with zero attached hydrogens (tertiary/aromatic N) is 2. The quantitative estimate of drug-likeness (QED) is 0.848. The van der Waals surface area contributed by atoms with Gasteiger partial charge in [0.2, 0.25) is 0 Å². The van der Waals surface area contributed by atoms with Gasteiger partial charge in [0, 0.05) is 31.2 Å². The van der Waals surface area contributed by atoms with Crippen LogP contribution < -0.4 is 5.73 Å². The highest BCUT2D eigenvalue weighted by atomic mass is 15.2. The zero-order chi connectivity index (χ0) is 13.9. The van der Waals surface area contributed by atoms with Gasteiger partial charge in [-0.25, -0.2) is 0 Å². The summed E-state index contributed by atoms with van der Waals surface area (Å²) < 4.78 is 0. The molecule has 0 aromatic rings. The third-order valence-electron chi connectivity index (χ3n) is 5.75. The van der Waals surface area contributed by atoms with E-state index in [0.717, 1.165) is 12.6 Å². The zero-order valence-corrected chi connectivity index (χ0v) is 13.2. The SMILES string of the molecule is CC(C)C(C)(CN)N1CCC(N2CCCCC2)CC1. The van der Waals surface area contributed by atoms with E-state index in [1.165, 1.54) is 58.3 Å². The molecule has 2 aliphatic rings. The van der Waals surface area contributed by atoms with Gasteiger partial charge in [0.25, 0.3) is 0 Å². The molecule has 2 heterocycles. The van der Waals surface area contributed by atoms with Gasteiger partial charge in [-0.3, -0.25) is 4.90 Å². The first-order chi connectivity index (χ1) is 9.08. The molecule has 2 saturated heterocycles. The Morgan fingerprint density at radius 3 is 2.11 bits per heavy atom. The molecular weight excluding hydrogens is 234 g/mol. The fourth-order valence-corrected chi connectivity index (χ4v) is 3.76. The summed E-state index contributed by atoms with van der Waals surface area (Å²) in [5.41, 5.74) is 6.25. The Kier molecular flexibility index (Phi) is 5.27. The number of likely N-dealkylation sites (tertiary alicyclic amines) is 2. The number of rotatable bonds is 4. The Balaban J connectivity index is 1.87. The Hall–Kier alpha value is -0.120. The first kappa shape index (κ1) is 15.3. The summed E-state index contributed by atoms with van der Waals surface area (Å²) >= 11 is 0. The second-order valence-corrected chi connectivity index (χ2v) is 7.03. The molecule has 0 aromatic heterocycles. The molecule has 0 amide bonds. The predicted octanol–water partition coefficient (Wildman–Crippen LogP) is 2.31. The second kappa shape index (κ2) is 6.55. The van der Waals surface area contributed by atoms with Crippen molar-refractivity contribution in [2.45, 2.75) is 64.5 Å². The first-order valence-electron chi connectivity index (χ1n) is 8.27. The first-order valence-corrected chi connectivity index (χ1v) is 8.27. The van der Waals surface area contributed by atoms with Crippen molar-refractivity contribution < 1.29 is 0 Å². The maximum absolute atomic E-state index is 6.06. The van der Waals surface area contributed by atoms with Crippen LogP contribution in [0.15, 0.2) is 0 Å². The van der Waals surface area contributed by atoms with Gasteiger partial charge in [-0.2, -0.15) is 0 Å². The van der Waals surface area contributed by atoms with E-state index in [4.69, 9.17) is 5.73 Å². The number of hydrogen-bond donors (Lipinski definition) is 1. The van der Waals surface area contributed by atoms with Gasteiger partial charge in [-0.1, -0.05) is 20.3 Å². The van der Waals surface area contributed by atoms with Crippen LogP contribution in [0.25, 0.3) is 0 Å². The van der Waals surface area contributed by atoms with Crippen LogP contribution in [-0.2, 0) is 0 Å². The molecule has 112 valence electrons. The molecule has 2 rings (SSSR count). The third-order valence-corrected chi connectivity index (χ3v) is 5.75. The molecule has 0 bridgehead atoms. The average molecular weight is 267 g/mol. The zero-order valence-electron chi connectivity index (χ0n) is 13.2. The Bertz CT molecular complexity index is 265. The second-order valence-electron chi connectivity index (χ2n) is 7.03. The smallest absolute Gasteiger partial charge is 0.0326 e. The lowest BCUT2D eigenvalue weighted by Gasteiger charge is -2.49. The lowest BCUT2D eigenvalue weighted by atomic mass is 9.84. The average Bonchev–Trinajstić information content (AvgIpc) is 2.47. The Morgan fingerprint density at radius 2 is 1.63 bits per heavy atom. The van der Waals surface area contributed by atoms with Crippen molar-refractivity contribution in [2.24, 2.45) is 11.7 Å². The van der Waals surface area contributed by atoms with E-state index in [1.54, 1.807) is 0 Å². The van der Waals surface area contributed by atoms with Crippen molar-refractivity contribution in [1.82, 2.24) is 9.80 Å². The van der Waals surface area contributed by atoms with E-state index < -0.39 is 0 Å². The molecule has 3 heteroatoms. The maximum Gasteiger partial charge on any atom is 0.0326 e. The van der Waals surface area contributed by atoms with Crippen LogP contribution in [0.5, 0.6) is 0 Å². The largest absolute Gasteiger partial charge is 0.329 e. The summed E-state index contributed by atoms with van der Waals surface area (Å²) in [7, 11) is 0. The van der Waals surface area contributed by atoms with Crippen LogP contribution >= 0.6 is 0 Å². The van der Waals surface area contributed by atoms with Crippen LogP contribution in [0.4, 0.5) is 0 Å². The fraction of sp³-hybridized carbons (Fsp3) is 1.00. The monoisotopic (exact) mass is 267 g/mol. The van der Waals surface area contributed by atoms with Crippen LogP contribution in [-0.4, -0.2) is 54.1 Å². The third kappa shape index (κ3) is 3.32. The number of hydrogen-bond acceptors (Lipinski definition) is 3. The normalized spacial score (nSPS) is 27.6. The van der Waals surface area contributed by atoms with Gasteiger partial charge in [-0.15, -0.1) is 0 Å². The topological polar surface area (TPSA) is 32.5 Å². The van der Waals surface area contributed by atoms with E-state index in [1.807, 2.05) is 0 Å². The molecule has 0 aliphatic carbocycles. The minimum absolute atomic E-state index is 0.187. The highest BCUT2D eigenvalue weighted by Crippen LogP contribution is 2.29. The molecular formula is C16H33N3. The lowest BCUT2D eigenvalue weighted by molar-refractivity contribution is 0.0142. The van der Waals surface area contributed by atoms with E-state index >= 15 is 0 Å². The highest BCUT2D eigenvalue weighted by Gasteiger charge is 2.37. The molecule has 2 aliphatic heterocycles. The van der Waals surface area contributed by atoms with Crippen molar-refractivity contribution in [2.75, 3.05) is 32.7 Å². The van der Waals surface area contributed by atoms with E-state index in [2.05, 4.69) is 30.6 Å². The molecule has 0 radical (unpaired) electrons. The standard InChI is InChI=1S/C16H33N3/c1-14(2)16(3,13-17)19-11-7-15(8-12-19)18-9-5-4-6-10-18/h14-15H,4-13,17H2,1-3H3. The van der Waals surface area contributed by atoms with Crippen LogP contribution in [0.3, 0.4) is 0 Å². The minimum atomic E-state index is 0.187. The van der Waals surface area contributed by atoms with Crippen molar-refractivity contribution in [1.29, 1.82) is 0 Å². The van der Waals surface area contributed by atoms with Gasteiger partial charge in [0.1, 0.15) is 0 Å². The lowest BCUT2D eigenvalue weighted by Crippen LogP contribution is -2.59. The van der Waals surface area contributed by atoms with Gasteiger partial charge in [0.05, 0.1) is 0 Å². The fourth-order valence-electron chi connectivity index (χ4n) is 3.76. The van der Waals surface area contributed by atoms with Crippen LogP contribution in [0.1, 0.15) is 52.9 Å². The van der Waals surface area contributed by atoms with Crippen molar-refractivity contribution in [3.8, 4) is 0 Å². The summed E-state index contributed by atoms with van der Waals surface area (Å²) in [4.78, 5) is 5.40. The molecule has 2 fully saturated rings. The summed E-state index contributed by atoms with van der Waals surface area (Å²) in [5.74, 6) is 0.629. The van der Waals surface area contributed by atoms with Gasteiger partial charge in [-0.05, 0) is 51.6 Å². The van der Waals surface area contributed by atoms with E-state index in [9.17, 15) is 0 Å². The highest BCUT2D eigenvalue weighted by molar-refractivity contribution is 4.94. The molecule has 3 nitrogen and oxygen atoms in total. The Morgan fingerprint density at radius 1 is 1.05 bits per heavy atom. The van der Waals surface area contributed by atoms with Crippen LogP contribution in [0.2, 0.25) is 0 Å².